The number of aromatic nitrogens is 2. The minimum Gasteiger partial charge on any atom is -0.489 e. The van der Waals surface area contributed by atoms with Gasteiger partial charge in [-0.25, -0.2) is 4.39 Å². The highest BCUT2D eigenvalue weighted by atomic mass is 19.1. The molecule has 1 amide bonds. The molecular formula is C30H29FN4O2. The lowest BCUT2D eigenvalue weighted by Crippen LogP contribution is -2.40. The van der Waals surface area contributed by atoms with Crippen LogP contribution in [0.25, 0.3) is 11.3 Å². The van der Waals surface area contributed by atoms with Gasteiger partial charge in [0.2, 0.25) is 5.91 Å². The van der Waals surface area contributed by atoms with E-state index in [2.05, 4.69) is 20.4 Å². The molecule has 5 rings (SSSR count). The number of anilines is 1. The number of hydrogen-bond acceptors (Lipinski definition) is 5. The number of ether oxygens (including phenoxy) is 1. The van der Waals surface area contributed by atoms with Gasteiger partial charge < -0.3 is 15.0 Å². The zero-order valence-corrected chi connectivity index (χ0v) is 20.5. The van der Waals surface area contributed by atoms with Crippen LogP contribution in [0, 0.1) is 11.7 Å². The summed E-state index contributed by atoms with van der Waals surface area (Å²) < 4.78 is 19.0. The maximum atomic E-state index is 13.1. The van der Waals surface area contributed by atoms with Crippen molar-refractivity contribution in [2.24, 2.45) is 5.92 Å². The van der Waals surface area contributed by atoms with Crippen molar-refractivity contribution in [2.75, 3.05) is 18.0 Å². The summed E-state index contributed by atoms with van der Waals surface area (Å²) in [7, 11) is 0. The van der Waals surface area contributed by atoms with Crippen molar-refractivity contribution in [3.63, 3.8) is 0 Å². The van der Waals surface area contributed by atoms with Crippen LogP contribution in [0.1, 0.15) is 24.0 Å². The van der Waals surface area contributed by atoms with E-state index >= 15 is 0 Å². The van der Waals surface area contributed by atoms with Crippen LogP contribution < -0.4 is 15.0 Å². The molecule has 1 N–H and O–H groups in total. The molecule has 0 aliphatic carbocycles. The lowest BCUT2D eigenvalue weighted by molar-refractivity contribution is -0.125. The summed E-state index contributed by atoms with van der Waals surface area (Å²) in [4.78, 5) is 14.9. The maximum absolute atomic E-state index is 13.1. The highest BCUT2D eigenvalue weighted by Gasteiger charge is 2.25. The van der Waals surface area contributed by atoms with Gasteiger partial charge in [-0.05, 0) is 72.5 Å². The van der Waals surface area contributed by atoms with E-state index < -0.39 is 0 Å². The molecule has 6 nitrogen and oxygen atoms in total. The Morgan fingerprint density at radius 1 is 0.865 bits per heavy atom. The Morgan fingerprint density at radius 2 is 1.59 bits per heavy atom. The summed E-state index contributed by atoms with van der Waals surface area (Å²) in [5, 5.41) is 11.7. The van der Waals surface area contributed by atoms with Crippen LogP contribution >= 0.6 is 0 Å². The molecule has 1 aliphatic heterocycles. The second kappa shape index (κ2) is 11.6. The zero-order chi connectivity index (χ0) is 25.5. The van der Waals surface area contributed by atoms with E-state index in [-0.39, 0.29) is 17.6 Å². The van der Waals surface area contributed by atoms with Crippen molar-refractivity contribution in [2.45, 2.75) is 26.0 Å². The Kier molecular flexibility index (Phi) is 7.69. The van der Waals surface area contributed by atoms with Crippen LogP contribution in [0.4, 0.5) is 10.2 Å². The summed E-state index contributed by atoms with van der Waals surface area (Å²) in [5.41, 5.74) is 3.69. The van der Waals surface area contributed by atoms with Crippen LogP contribution in [0.3, 0.4) is 0 Å². The van der Waals surface area contributed by atoms with Gasteiger partial charge in [0.1, 0.15) is 18.2 Å². The van der Waals surface area contributed by atoms with Crippen molar-refractivity contribution in [1.29, 1.82) is 0 Å². The molecule has 1 aromatic heterocycles. The smallest absolute Gasteiger partial charge is 0.223 e. The molecule has 37 heavy (non-hydrogen) atoms. The van der Waals surface area contributed by atoms with Gasteiger partial charge >= 0.3 is 0 Å². The van der Waals surface area contributed by atoms with Crippen molar-refractivity contribution >= 4 is 11.7 Å². The topological polar surface area (TPSA) is 67.3 Å². The first-order chi connectivity index (χ1) is 18.1. The highest BCUT2D eigenvalue weighted by Crippen LogP contribution is 2.24. The molecule has 0 radical (unpaired) electrons. The van der Waals surface area contributed by atoms with Crippen molar-refractivity contribution in [3.8, 4) is 17.0 Å². The number of carbonyl (C=O) groups is 1. The van der Waals surface area contributed by atoms with Crippen LogP contribution in [0.2, 0.25) is 0 Å². The molecule has 0 saturated carbocycles. The van der Waals surface area contributed by atoms with Crippen LogP contribution in [-0.4, -0.2) is 29.2 Å². The molecule has 7 heteroatoms. The Balaban J connectivity index is 1.06. The summed E-state index contributed by atoms with van der Waals surface area (Å²) in [5.74, 6) is 1.39. The first-order valence-corrected chi connectivity index (χ1v) is 12.5. The lowest BCUT2D eigenvalue weighted by Gasteiger charge is -2.31. The van der Waals surface area contributed by atoms with E-state index in [9.17, 15) is 9.18 Å². The Hall–Kier alpha value is -4.26. The van der Waals surface area contributed by atoms with Gasteiger partial charge in [-0.1, -0.05) is 42.5 Å². The number of amides is 1. The van der Waals surface area contributed by atoms with Gasteiger partial charge in [-0.15, -0.1) is 10.2 Å². The van der Waals surface area contributed by atoms with Crippen molar-refractivity contribution in [1.82, 2.24) is 15.5 Å². The third-order valence-electron chi connectivity index (χ3n) is 6.62. The average Bonchev–Trinajstić information content (AvgIpc) is 2.96. The largest absolute Gasteiger partial charge is 0.489 e. The summed E-state index contributed by atoms with van der Waals surface area (Å²) >= 11 is 0. The fourth-order valence-corrected chi connectivity index (χ4v) is 4.42. The molecular weight excluding hydrogens is 467 g/mol. The van der Waals surface area contributed by atoms with Gasteiger partial charge in [-0.2, -0.15) is 0 Å². The SMILES string of the molecule is O=C(NCc1ccc(OCc2ccccc2)cc1)C1CCN(c2ccc(-c3ccc(F)cc3)nn2)CC1. The van der Waals surface area contributed by atoms with E-state index in [1.165, 1.54) is 12.1 Å². The maximum Gasteiger partial charge on any atom is 0.223 e. The lowest BCUT2D eigenvalue weighted by atomic mass is 9.96. The quantitative estimate of drug-likeness (QED) is 0.354. The van der Waals surface area contributed by atoms with E-state index in [1.54, 1.807) is 12.1 Å². The summed E-state index contributed by atoms with van der Waals surface area (Å²) in [6.07, 6.45) is 1.53. The Bertz CT molecular complexity index is 1290. The van der Waals surface area contributed by atoms with Gasteiger partial charge in [0.25, 0.3) is 0 Å². The highest BCUT2D eigenvalue weighted by molar-refractivity contribution is 5.79. The predicted octanol–water partition coefficient (Wildman–Crippen LogP) is 5.39. The van der Waals surface area contributed by atoms with E-state index in [4.69, 9.17) is 4.74 Å². The number of nitrogens with one attached hydrogen (secondary N) is 1. The number of benzene rings is 3. The van der Waals surface area contributed by atoms with E-state index in [0.717, 1.165) is 54.2 Å². The molecule has 1 saturated heterocycles. The molecule has 1 aliphatic rings. The second-order valence-corrected chi connectivity index (χ2v) is 9.18. The third kappa shape index (κ3) is 6.50. The van der Waals surface area contributed by atoms with Gasteiger partial charge in [0, 0.05) is 31.1 Å². The number of piperidine rings is 1. The van der Waals surface area contributed by atoms with Crippen molar-refractivity contribution < 1.29 is 13.9 Å². The molecule has 4 aromatic rings. The molecule has 1 fully saturated rings. The normalized spacial score (nSPS) is 13.8. The first kappa shape index (κ1) is 24.4. The van der Waals surface area contributed by atoms with Crippen LogP contribution in [0.15, 0.2) is 91.0 Å². The van der Waals surface area contributed by atoms with Crippen LogP contribution in [-0.2, 0) is 17.9 Å². The number of rotatable bonds is 8. The molecule has 0 bridgehead atoms. The second-order valence-electron chi connectivity index (χ2n) is 9.18. The summed E-state index contributed by atoms with van der Waals surface area (Å²) in [6.45, 7) is 2.51. The average molecular weight is 497 g/mol. The molecule has 3 aromatic carbocycles. The summed E-state index contributed by atoms with van der Waals surface area (Å²) in [6, 6.07) is 27.9. The molecule has 0 spiro atoms. The Morgan fingerprint density at radius 3 is 2.27 bits per heavy atom. The fraction of sp³-hybridized carbons (Fsp3) is 0.233. The van der Waals surface area contributed by atoms with E-state index in [1.807, 2.05) is 66.7 Å². The van der Waals surface area contributed by atoms with Gasteiger partial charge in [-0.3, -0.25) is 4.79 Å². The number of halogens is 1. The number of nitrogens with zero attached hydrogens (tertiary/aromatic N) is 3. The fourth-order valence-electron chi connectivity index (χ4n) is 4.42. The number of carbonyl (C=O) groups excluding carboxylic acids is 1. The number of hydrogen-bond donors (Lipinski definition) is 1. The molecule has 0 unspecified atom stereocenters. The molecule has 2 heterocycles. The van der Waals surface area contributed by atoms with E-state index in [0.29, 0.717) is 18.8 Å². The third-order valence-corrected chi connectivity index (χ3v) is 6.62. The minimum atomic E-state index is -0.276. The van der Waals surface area contributed by atoms with Crippen LogP contribution in [0.5, 0.6) is 5.75 Å². The Labute approximate surface area is 216 Å². The predicted molar refractivity (Wildman–Crippen MR) is 141 cm³/mol. The van der Waals surface area contributed by atoms with Gasteiger partial charge in [0.15, 0.2) is 5.82 Å². The minimum absolute atomic E-state index is 0.0174. The molecule has 188 valence electrons. The standard InChI is InChI=1S/C30H29FN4O2/c31-26-10-8-24(9-11-26)28-14-15-29(34-33-28)35-18-16-25(17-19-35)30(36)32-20-22-6-12-27(13-7-22)37-21-23-4-2-1-3-5-23/h1-15,25H,16-21H2,(H,32,36). The van der Waals surface area contributed by atoms with Gasteiger partial charge in [0.05, 0.1) is 5.69 Å². The molecule has 0 atom stereocenters. The first-order valence-electron chi connectivity index (χ1n) is 12.5. The van der Waals surface area contributed by atoms with Crippen molar-refractivity contribution in [3.05, 3.63) is 108 Å². The zero-order valence-electron chi connectivity index (χ0n) is 20.5. The monoisotopic (exact) mass is 496 g/mol.